The number of rotatable bonds is 5. The van der Waals surface area contributed by atoms with Crippen LogP contribution in [0.5, 0.6) is 0 Å². The molecule has 1 aliphatic heterocycles. The van der Waals surface area contributed by atoms with E-state index in [4.69, 9.17) is 0 Å². The van der Waals surface area contributed by atoms with Crippen molar-refractivity contribution >= 4 is 27.3 Å². The molecule has 1 aliphatic rings. The van der Waals surface area contributed by atoms with Crippen molar-refractivity contribution in [3.05, 3.63) is 52.9 Å². The van der Waals surface area contributed by atoms with E-state index in [1.54, 1.807) is 17.5 Å². The lowest BCUT2D eigenvalue weighted by Crippen LogP contribution is -2.46. The van der Waals surface area contributed by atoms with Gasteiger partial charge in [0.15, 0.2) is 0 Å². The molecule has 1 saturated heterocycles. The van der Waals surface area contributed by atoms with Crippen molar-refractivity contribution in [2.45, 2.75) is 36.4 Å². The van der Waals surface area contributed by atoms with Crippen molar-refractivity contribution in [3.8, 4) is 0 Å². The van der Waals surface area contributed by atoms with Crippen LogP contribution in [-0.4, -0.2) is 38.4 Å². The summed E-state index contributed by atoms with van der Waals surface area (Å²) in [7, 11) is -3.44. The van der Waals surface area contributed by atoms with E-state index in [1.165, 1.54) is 11.3 Å². The fraction of sp³-hybridized carbons (Fsp3) is 0.389. The van der Waals surface area contributed by atoms with Gasteiger partial charge in [-0.05, 0) is 42.3 Å². The number of thiophene rings is 1. The molecule has 3 rings (SSSR count). The maximum Gasteiger partial charge on any atom is 0.250 e. The Morgan fingerprint density at radius 1 is 1.20 bits per heavy atom. The Labute approximate surface area is 152 Å². The Morgan fingerprint density at radius 2 is 1.92 bits per heavy atom. The van der Waals surface area contributed by atoms with Crippen molar-refractivity contribution in [2.24, 2.45) is 0 Å². The molecule has 7 heteroatoms. The second-order valence-corrected chi connectivity index (χ2v) is 9.20. The number of nitrogens with one attached hydrogen (secondary N) is 1. The average molecular weight is 379 g/mol. The normalized spacial score (nSPS) is 16.1. The lowest BCUT2D eigenvalue weighted by atomic mass is 10.0. The van der Waals surface area contributed by atoms with E-state index in [-0.39, 0.29) is 11.9 Å². The van der Waals surface area contributed by atoms with Gasteiger partial charge in [0.05, 0.1) is 6.42 Å². The molecular weight excluding hydrogens is 356 g/mol. The summed E-state index contributed by atoms with van der Waals surface area (Å²) >= 11 is 1.21. The molecule has 2 heterocycles. The largest absolute Gasteiger partial charge is 0.342 e. The number of carbonyl (C=O) groups is 1. The predicted octanol–water partition coefficient (Wildman–Crippen LogP) is 2.57. The number of piperidine rings is 1. The van der Waals surface area contributed by atoms with Crippen molar-refractivity contribution in [3.63, 3.8) is 0 Å². The molecule has 0 spiro atoms. The third kappa shape index (κ3) is 4.48. The zero-order chi connectivity index (χ0) is 17.9. The third-order valence-corrected chi connectivity index (χ3v) is 7.45. The smallest absolute Gasteiger partial charge is 0.250 e. The summed E-state index contributed by atoms with van der Waals surface area (Å²) in [5.41, 5.74) is 2.17. The maximum atomic E-state index is 12.5. The molecule has 0 radical (unpaired) electrons. The Kier molecular flexibility index (Phi) is 5.56. The molecular formula is C18H22N2O3S2. The quantitative estimate of drug-likeness (QED) is 0.870. The van der Waals surface area contributed by atoms with Crippen molar-refractivity contribution in [2.75, 3.05) is 13.1 Å². The summed E-state index contributed by atoms with van der Waals surface area (Å²) in [6.45, 7) is 3.18. The lowest BCUT2D eigenvalue weighted by Gasteiger charge is -2.32. The fourth-order valence-corrected chi connectivity index (χ4v) is 5.34. The van der Waals surface area contributed by atoms with Gasteiger partial charge in [-0.25, -0.2) is 13.1 Å². The molecule has 0 aliphatic carbocycles. The summed E-state index contributed by atoms with van der Waals surface area (Å²) in [6, 6.07) is 11.1. The molecule has 1 aromatic heterocycles. The zero-order valence-corrected chi connectivity index (χ0v) is 15.8. The molecule has 0 saturated carbocycles. The first-order valence-electron chi connectivity index (χ1n) is 8.34. The number of likely N-dealkylation sites (tertiary alicyclic amines) is 1. The van der Waals surface area contributed by atoms with Crippen LogP contribution in [0.3, 0.4) is 0 Å². The molecule has 1 amide bonds. The van der Waals surface area contributed by atoms with Crippen LogP contribution in [0.25, 0.3) is 0 Å². The number of aryl methyl sites for hydroxylation is 1. The van der Waals surface area contributed by atoms with Gasteiger partial charge in [0.1, 0.15) is 4.21 Å². The number of benzene rings is 1. The highest BCUT2D eigenvalue weighted by molar-refractivity contribution is 7.91. The van der Waals surface area contributed by atoms with Gasteiger partial charge in [-0.3, -0.25) is 4.79 Å². The molecule has 1 N–H and O–H groups in total. The van der Waals surface area contributed by atoms with E-state index < -0.39 is 10.0 Å². The molecule has 1 aromatic carbocycles. The predicted molar refractivity (Wildman–Crippen MR) is 99.1 cm³/mol. The average Bonchev–Trinajstić information content (AvgIpc) is 3.13. The van der Waals surface area contributed by atoms with Crippen molar-refractivity contribution in [1.82, 2.24) is 9.62 Å². The molecule has 5 nitrogen and oxygen atoms in total. The highest BCUT2D eigenvalue weighted by atomic mass is 32.2. The number of hydrogen-bond donors (Lipinski definition) is 1. The Balaban J connectivity index is 1.53. The number of sulfonamides is 1. The van der Waals surface area contributed by atoms with Crippen LogP contribution >= 0.6 is 11.3 Å². The number of nitrogens with zero attached hydrogens (tertiary/aromatic N) is 1. The maximum absolute atomic E-state index is 12.5. The Hall–Kier alpha value is -1.70. The third-order valence-electron chi connectivity index (χ3n) is 4.53. The van der Waals surface area contributed by atoms with Crippen molar-refractivity contribution in [1.29, 1.82) is 0 Å². The summed E-state index contributed by atoms with van der Waals surface area (Å²) in [4.78, 5) is 14.3. The molecule has 1 fully saturated rings. The summed E-state index contributed by atoms with van der Waals surface area (Å²) in [6.07, 6.45) is 1.69. The van der Waals surface area contributed by atoms with Crippen LogP contribution in [0.4, 0.5) is 0 Å². The minimum atomic E-state index is -3.44. The lowest BCUT2D eigenvalue weighted by molar-refractivity contribution is -0.131. The van der Waals surface area contributed by atoms with Gasteiger partial charge >= 0.3 is 0 Å². The standard InChI is InChI=1S/C18H22N2O3S2/c1-14-5-2-3-6-15(14)13-17(21)20-10-8-16(9-11-20)19-25(22,23)18-7-4-12-24-18/h2-7,12,16,19H,8-11,13H2,1H3. The van der Waals surface area contributed by atoms with Gasteiger partial charge in [0.25, 0.3) is 0 Å². The van der Waals surface area contributed by atoms with E-state index in [1.807, 2.05) is 36.1 Å². The number of amides is 1. The van der Waals surface area contributed by atoms with Gasteiger partial charge in [0.2, 0.25) is 15.9 Å². The second kappa shape index (κ2) is 7.68. The van der Waals surface area contributed by atoms with E-state index in [9.17, 15) is 13.2 Å². The first-order valence-corrected chi connectivity index (χ1v) is 10.7. The molecule has 0 unspecified atom stereocenters. The van der Waals surface area contributed by atoms with Gasteiger partial charge in [0, 0.05) is 19.1 Å². The minimum Gasteiger partial charge on any atom is -0.342 e. The van der Waals surface area contributed by atoms with Crippen LogP contribution in [-0.2, 0) is 21.2 Å². The second-order valence-electron chi connectivity index (χ2n) is 6.31. The SMILES string of the molecule is Cc1ccccc1CC(=O)N1CCC(NS(=O)(=O)c2cccs2)CC1. The summed E-state index contributed by atoms with van der Waals surface area (Å²) < 4.78 is 27.6. The highest BCUT2D eigenvalue weighted by Crippen LogP contribution is 2.19. The molecule has 0 atom stereocenters. The Bertz CT molecular complexity index is 824. The Morgan fingerprint density at radius 3 is 2.56 bits per heavy atom. The summed E-state index contributed by atoms with van der Waals surface area (Å²) in [5, 5.41) is 1.75. The van der Waals surface area contributed by atoms with Gasteiger partial charge < -0.3 is 4.90 Å². The van der Waals surface area contributed by atoms with Crippen LogP contribution in [0.2, 0.25) is 0 Å². The topological polar surface area (TPSA) is 66.5 Å². The van der Waals surface area contributed by atoms with E-state index in [2.05, 4.69) is 4.72 Å². The van der Waals surface area contributed by atoms with Crippen molar-refractivity contribution < 1.29 is 13.2 Å². The number of hydrogen-bond acceptors (Lipinski definition) is 4. The van der Waals surface area contributed by atoms with Gasteiger partial charge in [-0.15, -0.1) is 11.3 Å². The van der Waals surface area contributed by atoms with E-state index >= 15 is 0 Å². The first kappa shape index (κ1) is 18.1. The monoisotopic (exact) mass is 378 g/mol. The van der Waals surface area contributed by atoms with E-state index in [0.717, 1.165) is 11.1 Å². The van der Waals surface area contributed by atoms with E-state index in [0.29, 0.717) is 36.6 Å². The molecule has 25 heavy (non-hydrogen) atoms. The molecule has 2 aromatic rings. The summed E-state index contributed by atoms with van der Waals surface area (Å²) in [5.74, 6) is 0.105. The van der Waals surface area contributed by atoms with Crippen LogP contribution in [0, 0.1) is 6.92 Å². The van der Waals surface area contributed by atoms with Crippen LogP contribution in [0.1, 0.15) is 24.0 Å². The van der Waals surface area contributed by atoms with Crippen LogP contribution < -0.4 is 4.72 Å². The first-order chi connectivity index (χ1) is 12.0. The number of carbonyl (C=O) groups excluding carboxylic acids is 1. The molecule has 134 valence electrons. The van der Waals surface area contributed by atoms with Gasteiger partial charge in [-0.2, -0.15) is 0 Å². The minimum absolute atomic E-state index is 0.105. The molecule has 0 bridgehead atoms. The highest BCUT2D eigenvalue weighted by Gasteiger charge is 2.27. The van der Waals surface area contributed by atoms with Gasteiger partial charge in [-0.1, -0.05) is 30.3 Å². The fourth-order valence-electron chi connectivity index (χ4n) is 3.02. The zero-order valence-electron chi connectivity index (χ0n) is 14.1. The van der Waals surface area contributed by atoms with Crippen LogP contribution in [0.15, 0.2) is 46.0 Å².